The molecule has 1 amide bonds. The van der Waals surface area contributed by atoms with Crippen LogP contribution < -0.4 is 10.6 Å². The van der Waals surface area contributed by atoms with E-state index in [4.69, 9.17) is 16.9 Å². The monoisotopic (exact) mass is 339 g/mol. The Balaban J connectivity index is 2.49. The molecule has 1 rings (SSSR count). The number of hydrogen-bond donors (Lipinski definition) is 2. The Hall–Kier alpha value is -1.21. The first-order valence-corrected chi connectivity index (χ1v) is 9.52. The highest BCUT2D eigenvalue weighted by atomic mass is 35.5. The predicted octanol–water partition coefficient (Wildman–Crippen LogP) is 4.01. The van der Waals surface area contributed by atoms with E-state index >= 15 is 0 Å². The lowest BCUT2D eigenvalue weighted by Gasteiger charge is -2.18. The molecule has 5 heteroatoms. The molecule has 0 heterocycles. The van der Waals surface area contributed by atoms with Crippen molar-refractivity contribution in [1.82, 2.24) is 10.6 Å². The van der Waals surface area contributed by atoms with Gasteiger partial charge in [-0.1, -0.05) is 57.8 Å². The molecule has 2 N–H and O–H groups in total. The molecule has 130 valence electrons. The average Bonchev–Trinajstić information content (AvgIpc) is 2.55. The third kappa shape index (κ3) is 9.50. The molecule has 1 aliphatic carbocycles. The Kier molecular flexibility index (Phi) is 11.4. The van der Waals surface area contributed by atoms with E-state index in [9.17, 15) is 4.79 Å². The second-order valence-corrected chi connectivity index (χ2v) is 6.62. The molecule has 0 radical (unpaired) electrons. The molecule has 4 nitrogen and oxygen atoms in total. The van der Waals surface area contributed by atoms with Crippen LogP contribution in [0.25, 0.3) is 0 Å². The van der Waals surface area contributed by atoms with E-state index in [1.54, 1.807) is 6.20 Å². The minimum atomic E-state index is -0.353. The zero-order valence-electron chi connectivity index (χ0n) is 14.1. The van der Waals surface area contributed by atoms with Gasteiger partial charge < -0.3 is 10.6 Å². The molecule has 0 unspecified atom stereocenters. The quantitative estimate of drug-likeness (QED) is 0.452. The van der Waals surface area contributed by atoms with Crippen LogP contribution in [-0.4, -0.2) is 24.4 Å². The summed E-state index contributed by atoms with van der Waals surface area (Å²) in [5.74, 6) is -0.00524. The summed E-state index contributed by atoms with van der Waals surface area (Å²) >= 11 is 5.55. The first-order valence-electron chi connectivity index (χ1n) is 8.98. The van der Waals surface area contributed by atoms with E-state index in [0.717, 1.165) is 12.8 Å². The van der Waals surface area contributed by atoms with Crippen LogP contribution >= 0.6 is 11.6 Å². The highest BCUT2D eigenvalue weighted by molar-refractivity contribution is 6.18. The zero-order valence-corrected chi connectivity index (χ0v) is 14.8. The first kappa shape index (κ1) is 19.8. The number of rotatable bonds is 5. The number of carbonyl (C=O) groups excluding carboxylic acids is 1. The van der Waals surface area contributed by atoms with Crippen LogP contribution in [0.5, 0.6) is 0 Å². The van der Waals surface area contributed by atoms with E-state index in [-0.39, 0.29) is 11.5 Å². The summed E-state index contributed by atoms with van der Waals surface area (Å²) in [6, 6.07) is 2.32. The van der Waals surface area contributed by atoms with Crippen molar-refractivity contribution in [3.05, 3.63) is 11.8 Å². The van der Waals surface area contributed by atoms with Gasteiger partial charge in [-0.25, -0.2) is 0 Å². The molecule has 0 spiro atoms. The van der Waals surface area contributed by atoms with Crippen molar-refractivity contribution in [2.24, 2.45) is 0 Å². The molecule has 0 saturated heterocycles. The predicted molar refractivity (Wildman–Crippen MR) is 95.1 cm³/mol. The Labute approximate surface area is 145 Å². The minimum absolute atomic E-state index is 0.126. The molecule has 0 atom stereocenters. The van der Waals surface area contributed by atoms with E-state index in [1.807, 2.05) is 6.07 Å². The number of halogens is 1. The summed E-state index contributed by atoms with van der Waals surface area (Å²) in [7, 11) is 0. The average molecular weight is 340 g/mol. The van der Waals surface area contributed by atoms with Gasteiger partial charge in [0.25, 0.3) is 5.91 Å². The van der Waals surface area contributed by atoms with E-state index in [2.05, 4.69) is 10.6 Å². The maximum absolute atomic E-state index is 11.8. The fraction of sp³-hybridized carbons (Fsp3) is 0.778. The maximum atomic E-state index is 11.8. The largest absolute Gasteiger partial charge is 0.387 e. The summed E-state index contributed by atoms with van der Waals surface area (Å²) in [6.45, 7) is 0.378. The van der Waals surface area contributed by atoms with Crippen LogP contribution in [0.4, 0.5) is 0 Å². The second-order valence-electron chi connectivity index (χ2n) is 6.24. The number of carbonyl (C=O) groups is 1. The number of nitriles is 1. The van der Waals surface area contributed by atoms with Crippen molar-refractivity contribution in [2.45, 2.75) is 76.7 Å². The Morgan fingerprint density at radius 3 is 2.04 bits per heavy atom. The van der Waals surface area contributed by atoms with E-state index in [0.29, 0.717) is 18.5 Å². The maximum Gasteiger partial charge on any atom is 0.263 e. The van der Waals surface area contributed by atoms with Gasteiger partial charge in [-0.2, -0.15) is 5.26 Å². The minimum Gasteiger partial charge on any atom is -0.387 e. The zero-order chi connectivity index (χ0) is 16.8. The van der Waals surface area contributed by atoms with E-state index in [1.165, 1.54) is 57.8 Å². The number of nitrogens with zero attached hydrogens (tertiary/aromatic N) is 1. The summed E-state index contributed by atoms with van der Waals surface area (Å²) in [5, 5.41) is 15.1. The van der Waals surface area contributed by atoms with Crippen LogP contribution in [0.15, 0.2) is 11.8 Å². The van der Waals surface area contributed by atoms with Gasteiger partial charge in [-0.05, 0) is 12.8 Å². The Morgan fingerprint density at radius 1 is 1.04 bits per heavy atom. The van der Waals surface area contributed by atoms with Crippen molar-refractivity contribution in [3.63, 3.8) is 0 Å². The molecule has 0 aromatic rings. The van der Waals surface area contributed by atoms with Gasteiger partial charge in [0, 0.05) is 24.7 Å². The summed E-state index contributed by atoms with van der Waals surface area (Å²) in [4.78, 5) is 11.8. The van der Waals surface area contributed by atoms with Crippen molar-refractivity contribution in [3.8, 4) is 6.07 Å². The van der Waals surface area contributed by atoms with Crippen molar-refractivity contribution in [1.29, 1.82) is 5.26 Å². The molecule has 1 fully saturated rings. The SMILES string of the molecule is N#C/C(=C/NC1CCCCCCCCCCC1)C(=O)NCCCl. The normalized spacial score (nSPS) is 19.0. The number of alkyl halides is 1. The van der Waals surface area contributed by atoms with Crippen molar-refractivity contribution >= 4 is 17.5 Å². The molecule has 1 saturated carbocycles. The lowest BCUT2D eigenvalue weighted by Crippen LogP contribution is -2.29. The third-order valence-corrected chi connectivity index (χ3v) is 4.50. The first-order chi connectivity index (χ1) is 11.3. The lowest BCUT2D eigenvalue weighted by molar-refractivity contribution is -0.117. The molecule has 0 bridgehead atoms. The molecule has 0 aromatic heterocycles. The van der Waals surface area contributed by atoms with Crippen molar-refractivity contribution in [2.75, 3.05) is 12.4 Å². The topological polar surface area (TPSA) is 64.9 Å². The summed E-state index contributed by atoms with van der Waals surface area (Å²) in [5.41, 5.74) is 0.126. The van der Waals surface area contributed by atoms with Gasteiger partial charge in [0.15, 0.2) is 0 Å². The molecular weight excluding hydrogens is 310 g/mol. The molecule has 0 aromatic carbocycles. The Morgan fingerprint density at radius 2 is 1.57 bits per heavy atom. The standard InChI is InChI=1S/C18H30ClN3O/c19-12-13-21-18(23)16(14-20)15-22-17-10-8-6-4-2-1-3-5-7-9-11-17/h15,17,22H,1-13H2,(H,21,23)/b16-15-. The lowest BCUT2D eigenvalue weighted by atomic mass is 9.98. The molecule has 0 aliphatic heterocycles. The van der Waals surface area contributed by atoms with Crippen LogP contribution in [0.2, 0.25) is 0 Å². The Bertz CT molecular complexity index is 392. The number of amides is 1. The van der Waals surface area contributed by atoms with Crippen LogP contribution in [-0.2, 0) is 4.79 Å². The van der Waals surface area contributed by atoms with Crippen LogP contribution in [0.1, 0.15) is 70.6 Å². The number of nitrogens with one attached hydrogen (secondary N) is 2. The molecule has 23 heavy (non-hydrogen) atoms. The molecule has 1 aliphatic rings. The number of hydrogen-bond acceptors (Lipinski definition) is 3. The van der Waals surface area contributed by atoms with Crippen LogP contribution in [0, 0.1) is 11.3 Å². The fourth-order valence-corrected chi connectivity index (χ4v) is 3.03. The highest BCUT2D eigenvalue weighted by Gasteiger charge is 2.11. The van der Waals surface area contributed by atoms with Crippen molar-refractivity contribution < 1.29 is 4.79 Å². The van der Waals surface area contributed by atoms with Gasteiger partial charge in [-0.15, -0.1) is 11.6 Å². The third-order valence-electron chi connectivity index (χ3n) is 4.31. The van der Waals surface area contributed by atoms with Gasteiger partial charge in [0.05, 0.1) is 0 Å². The van der Waals surface area contributed by atoms with Crippen LogP contribution in [0.3, 0.4) is 0 Å². The smallest absolute Gasteiger partial charge is 0.263 e. The second kappa shape index (κ2) is 13.2. The van der Waals surface area contributed by atoms with Gasteiger partial charge in [0.1, 0.15) is 11.6 Å². The van der Waals surface area contributed by atoms with Gasteiger partial charge in [0.2, 0.25) is 0 Å². The summed E-state index contributed by atoms with van der Waals surface area (Å²) in [6.07, 6.45) is 15.5. The van der Waals surface area contributed by atoms with Gasteiger partial charge in [-0.3, -0.25) is 4.79 Å². The fourth-order valence-electron chi connectivity index (χ4n) is 2.94. The van der Waals surface area contributed by atoms with E-state index < -0.39 is 0 Å². The highest BCUT2D eigenvalue weighted by Crippen LogP contribution is 2.17. The molecular formula is C18H30ClN3O. The summed E-state index contributed by atoms with van der Waals surface area (Å²) < 4.78 is 0. The van der Waals surface area contributed by atoms with Gasteiger partial charge >= 0.3 is 0 Å².